The van der Waals surface area contributed by atoms with Crippen LogP contribution in [0.25, 0.3) is 10.9 Å². The molecule has 0 saturated carbocycles. The number of piperidine rings is 1. The second-order valence-corrected chi connectivity index (χ2v) is 7.62. The molecule has 1 aliphatic rings. The first kappa shape index (κ1) is 21.1. The van der Waals surface area contributed by atoms with E-state index in [-0.39, 0.29) is 5.76 Å². The van der Waals surface area contributed by atoms with Crippen LogP contribution in [0, 0.1) is 6.92 Å². The van der Waals surface area contributed by atoms with Gasteiger partial charge in [-0.05, 0) is 57.0 Å². The number of ether oxygens (including phenoxy) is 2. The third-order valence-electron chi connectivity index (χ3n) is 5.56. The molecule has 1 saturated heterocycles. The summed E-state index contributed by atoms with van der Waals surface area (Å²) in [6.07, 6.45) is 1.96. The molecule has 1 aliphatic heterocycles. The van der Waals surface area contributed by atoms with E-state index in [4.69, 9.17) is 23.9 Å². The number of nitrogens with one attached hydrogen (secondary N) is 1. The van der Waals surface area contributed by atoms with Crippen molar-refractivity contribution in [1.29, 1.82) is 0 Å². The van der Waals surface area contributed by atoms with E-state index in [1.165, 1.54) is 0 Å². The zero-order chi connectivity index (χ0) is 21.8. The summed E-state index contributed by atoms with van der Waals surface area (Å²) in [6.45, 7) is 6.46. The molecule has 31 heavy (non-hydrogen) atoms. The monoisotopic (exact) mass is 424 g/mol. The van der Waals surface area contributed by atoms with Crippen LogP contribution in [0.4, 0.5) is 5.95 Å². The Labute approximate surface area is 181 Å². The van der Waals surface area contributed by atoms with Crippen LogP contribution in [-0.2, 0) is 11.3 Å². The molecule has 0 bridgehead atoms. The van der Waals surface area contributed by atoms with Crippen molar-refractivity contribution >= 4 is 22.8 Å². The van der Waals surface area contributed by atoms with Gasteiger partial charge in [0, 0.05) is 24.5 Å². The third kappa shape index (κ3) is 4.80. The average molecular weight is 425 g/mol. The number of carbonyl (C=O) groups excluding carboxylic acids is 1. The molecule has 4 rings (SSSR count). The minimum Gasteiger partial charge on any atom is -0.497 e. The Hall–Kier alpha value is -3.13. The smallest absolute Gasteiger partial charge is 0.374 e. The molecule has 0 aliphatic carbocycles. The van der Waals surface area contributed by atoms with Gasteiger partial charge in [-0.25, -0.2) is 14.8 Å². The molecule has 1 fully saturated rings. The Balaban J connectivity index is 1.33. The molecule has 1 aromatic carbocycles. The van der Waals surface area contributed by atoms with E-state index in [0.29, 0.717) is 19.2 Å². The molecule has 3 heterocycles. The molecular formula is C23H28N4O4. The van der Waals surface area contributed by atoms with Crippen LogP contribution in [0.3, 0.4) is 0 Å². The SMILES string of the molecule is CCOC(=O)c1ccc(CNC2CCN(c3nc(C)c4cc(OC)ccc4n3)CC2)o1. The fourth-order valence-electron chi connectivity index (χ4n) is 3.83. The summed E-state index contributed by atoms with van der Waals surface area (Å²) in [5, 5.41) is 4.53. The zero-order valence-electron chi connectivity index (χ0n) is 18.2. The molecule has 0 spiro atoms. The largest absolute Gasteiger partial charge is 0.497 e. The molecule has 0 amide bonds. The number of hydrogen-bond acceptors (Lipinski definition) is 8. The first-order valence-electron chi connectivity index (χ1n) is 10.6. The lowest BCUT2D eigenvalue weighted by Gasteiger charge is -2.32. The van der Waals surface area contributed by atoms with Crippen molar-refractivity contribution < 1.29 is 18.7 Å². The van der Waals surface area contributed by atoms with Gasteiger partial charge >= 0.3 is 5.97 Å². The lowest BCUT2D eigenvalue weighted by Crippen LogP contribution is -2.43. The van der Waals surface area contributed by atoms with Gasteiger partial charge in [0.15, 0.2) is 0 Å². The number of rotatable bonds is 7. The van der Waals surface area contributed by atoms with Crippen LogP contribution in [0.15, 0.2) is 34.7 Å². The van der Waals surface area contributed by atoms with E-state index in [2.05, 4.69) is 10.2 Å². The Morgan fingerprint density at radius 3 is 2.77 bits per heavy atom. The molecule has 0 radical (unpaired) electrons. The summed E-state index contributed by atoms with van der Waals surface area (Å²) < 4.78 is 15.8. The van der Waals surface area contributed by atoms with Crippen molar-refractivity contribution in [2.75, 3.05) is 31.7 Å². The van der Waals surface area contributed by atoms with E-state index >= 15 is 0 Å². The average Bonchev–Trinajstić information content (AvgIpc) is 3.27. The summed E-state index contributed by atoms with van der Waals surface area (Å²) in [7, 11) is 1.66. The number of esters is 1. The molecule has 0 unspecified atom stereocenters. The first-order valence-corrected chi connectivity index (χ1v) is 10.6. The predicted octanol–water partition coefficient (Wildman–Crippen LogP) is 3.48. The fourth-order valence-corrected chi connectivity index (χ4v) is 3.83. The van der Waals surface area contributed by atoms with Crippen molar-refractivity contribution in [2.24, 2.45) is 0 Å². The first-order chi connectivity index (χ1) is 15.1. The number of hydrogen-bond donors (Lipinski definition) is 1. The van der Waals surface area contributed by atoms with Gasteiger partial charge in [-0.15, -0.1) is 0 Å². The molecule has 3 aromatic rings. The van der Waals surface area contributed by atoms with Crippen molar-refractivity contribution in [1.82, 2.24) is 15.3 Å². The molecular weight excluding hydrogens is 396 g/mol. The second kappa shape index (κ2) is 9.34. The number of nitrogens with zero attached hydrogens (tertiary/aromatic N) is 3. The second-order valence-electron chi connectivity index (χ2n) is 7.62. The van der Waals surface area contributed by atoms with E-state index < -0.39 is 5.97 Å². The van der Waals surface area contributed by atoms with Crippen LogP contribution >= 0.6 is 0 Å². The number of anilines is 1. The van der Waals surface area contributed by atoms with Gasteiger partial charge in [-0.1, -0.05) is 0 Å². The Morgan fingerprint density at radius 2 is 2.03 bits per heavy atom. The number of fused-ring (bicyclic) bond motifs is 1. The highest BCUT2D eigenvalue weighted by Crippen LogP contribution is 2.25. The van der Waals surface area contributed by atoms with Gasteiger partial charge in [-0.3, -0.25) is 0 Å². The molecule has 8 nitrogen and oxygen atoms in total. The van der Waals surface area contributed by atoms with E-state index in [9.17, 15) is 4.79 Å². The summed E-state index contributed by atoms with van der Waals surface area (Å²) in [5.74, 6) is 2.14. The van der Waals surface area contributed by atoms with Gasteiger partial charge in [-0.2, -0.15) is 0 Å². The van der Waals surface area contributed by atoms with Crippen LogP contribution in [0.5, 0.6) is 5.75 Å². The topological polar surface area (TPSA) is 89.7 Å². The lowest BCUT2D eigenvalue weighted by molar-refractivity contribution is 0.0487. The van der Waals surface area contributed by atoms with Gasteiger partial charge < -0.3 is 24.1 Å². The maximum absolute atomic E-state index is 11.7. The number of methoxy groups -OCH3 is 1. The normalized spacial score (nSPS) is 14.7. The van der Waals surface area contributed by atoms with Crippen molar-refractivity contribution in [3.05, 3.63) is 47.5 Å². The fraction of sp³-hybridized carbons (Fsp3) is 0.435. The minimum absolute atomic E-state index is 0.245. The molecule has 0 atom stereocenters. The lowest BCUT2D eigenvalue weighted by atomic mass is 10.1. The van der Waals surface area contributed by atoms with Crippen LogP contribution in [0.2, 0.25) is 0 Å². The van der Waals surface area contributed by atoms with Crippen molar-refractivity contribution in [3.63, 3.8) is 0 Å². The van der Waals surface area contributed by atoms with Gasteiger partial charge in [0.25, 0.3) is 0 Å². The molecule has 164 valence electrons. The number of furan rings is 1. The maximum Gasteiger partial charge on any atom is 0.374 e. The zero-order valence-corrected chi connectivity index (χ0v) is 18.2. The summed E-state index contributed by atoms with van der Waals surface area (Å²) in [6, 6.07) is 9.73. The molecule has 1 N–H and O–H groups in total. The number of aryl methyl sites for hydroxylation is 1. The summed E-state index contributed by atoms with van der Waals surface area (Å²) in [5.41, 5.74) is 1.88. The van der Waals surface area contributed by atoms with Crippen LogP contribution < -0.4 is 15.0 Å². The van der Waals surface area contributed by atoms with E-state index in [1.54, 1.807) is 20.1 Å². The number of aromatic nitrogens is 2. The number of benzene rings is 1. The highest BCUT2D eigenvalue weighted by molar-refractivity contribution is 5.86. The standard InChI is InChI=1S/C23H28N4O4/c1-4-30-22(28)21-8-6-18(31-21)14-24-16-9-11-27(12-10-16)23-25-15(2)19-13-17(29-3)5-7-20(19)26-23/h5-8,13,16,24H,4,9-12,14H2,1-3H3. The van der Waals surface area contributed by atoms with E-state index in [0.717, 1.165) is 60.0 Å². The minimum atomic E-state index is -0.425. The Morgan fingerprint density at radius 1 is 1.23 bits per heavy atom. The molecule has 2 aromatic heterocycles. The summed E-state index contributed by atoms with van der Waals surface area (Å²) >= 11 is 0. The van der Waals surface area contributed by atoms with Gasteiger partial charge in [0.1, 0.15) is 11.5 Å². The highest BCUT2D eigenvalue weighted by Gasteiger charge is 2.22. The highest BCUT2D eigenvalue weighted by atomic mass is 16.5. The van der Waals surface area contributed by atoms with Crippen molar-refractivity contribution in [2.45, 2.75) is 39.3 Å². The summed E-state index contributed by atoms with van der Waals surface area (Å²) in [4.78, 5) is 23.5. The van der Waals surface area contributed by atoms with Crippen LogP contribution in [-0.4, -0.2) is 48.8 Å². The maximum atomic E-state index is 11.7. The van der Waals surface area contributed by atoms with Gasteiger partial charge in [0.2, 0.25) is 11.7 Å². The van der Waals surface area contributed by atoms with Gasteiger partial charge in [0.05, 0.1) is 31.5 Å². The predicted molar refractivity (Wildman–Crippen MR) is 118 cm³/mol. The van der Waals surface area contributed by atoms with E-state index in [1.807, 2.05) is 31.2 Å². The molecule has 8 heteroatoms. The van der Waals surface area contributed by atoms with Crippen LogP contribution in [0.1, 0.15) is 41.8 Å². The Bertz CT molecular complexity index is 1060. The van der Waals surface area contributed by atoms with Crippen molar-refractivity contribution in [3.8, 4) is 5.75 Å². The third-order valence-corrected chi connectivity index (χ3v) is 5.56. The number of carbonyl (C=O) groups is 1. The Kier molecular flexibility index (Phi) is 6.36. The quantitative estimate of drug-likeness (QED) is 0.577.